The van der Waals surface area contributed by atoms with Crippen LogP contribution in [0.5, 0.6) is 11.5 Å². The van der Waals surface area contributed by atoms with Crippen LogP contribution in [0.1, 0.15) is 16.7 Å². The van der Waals surface area contributed by atoms with E-state index in [-0.39, 0.29) is 0 Å². The summed E-state index contributed by atoms with van der Waals surface area (Å²) in [5.41, 5.74) is 3.30. The first kappa shape index (κ1) is 28.5. The number of ether oxygens (including phenoxy) is 5. The molecule has 2 aromatic carbocycles. The molecule has 1 N–H and O–H groups in total. The van der Waals surface area contributed by atoms with E-state index in [1.54, 1.807) is 0 Å². The van der Waals surface area contributed by atoms with Crippen LogP contribution in [0, 0.1) is 0 Å². The van der Waals surface area contributed by atoms with Crippen molar-refractivity contribution >= 4 is 6.08 Å². The van der Waals surface area contributed by atoms with Gasteiger partial charge in [-0.3, -0.25) is 9.80 Å². The molecule has 2 aromatic rings. The molecule has 8 nitrogen and oxygen atoms in total. The minimum atomic E-state index is 0.503. The van der Waals surface area contributed by atoms with Crippen molar-refractivity contribution in [3.63, 3.8) is 0 Å². The Morgan fingerprint density at radius 3 is 1.92 bits per heavy atom. The van der Waals surface area contributed by atoms with Gasteiger partial charge in [-0.2, -0.15) is 0 Å². The molecule has 2 bridgehead atoms. The normalized spacial score (nSPS) is 22.3. The van der Waals surface area contributed by atoms with Crippen molar-refractivity contribution in [2.75, 3.05) is 92.0 Å². The van der Waals surface area contributed by atoms with E-state index in [0.29, 0.717) is 52.9 Å². The van der Waals surface area contributed by atoms with Crippen LogP contribution in [0.15, 0.2) is 49.0 Å². The molecule has 2 atom stereocenters. The molecule has 0 saturated carbocycles. The maximum absolute atomic E-state index is 6.29. The van der Waals surface area contributed by atoms with Gasteiger partial charge in [0.1, 0.15) is 13.2 Å². The molecule has 0 amide bonds. The summed E-state index contributed by atoms with van der Waals surface area (Å²) in [6.07, 6.45) is 1.84. The number of hydrogen-bond acceptors (Lipinski definition) is 8. The highest BCUT2D eigenvalue weighted by Gasteiger charge is 2.13. The van der Waals surface area contributed by atoms with Crippen molar-refractivity contribution in [2.45, 2.75) is 13.2 Å². The van der Waals surface area contributed by atoms with E-state index in [9.17, 15) is 0 Å². The van der Waals surface area contributed by atoms with Gasteiger partial charge in [0.05, 0.1) is 39.6 Å². The maximum Gasteiger partial charge on any atom is 0.161 e. The molecular weight excluding hydrogens is 482 g/mol. The summed E-state index contributed by atoms with van der Waals surface area (Å²) in [7, 11) is 0. The first-order valence-electron chi connectivity index (χ1n) is 13.8. The molecule has 2 heterocycles. The molecule has 0 aliphatic carbocycles. The Balaban J connectivity index is 1.41. The van der Waals surface area contributed by atoms with Gasteiger partial charge in [0, 0.05) is 52.4 Å². The van der Waals surface area contributed by atoms with Gasteiger partial charge in [0.25, 0.3) is 0 Å². The van der Waals surface area contributed by atoms with Crippen LogP contribution in [0.2, 0.25) is 0 Å². The van der Waals surface area contributed by atoms with E-state index >= 15 is 0 Å². The third kappa shape index (κ3) is 10.0. The zero-order chi connectivity index (χ0) is 26.3. The van der Waals surface area contributed by atoms with Gasteiger partial charge in [-0.1, -0.05) is 43.0 Å². The lowest BCUT2D eigenvalue weighted by Gasteiger charge is -2.23. The summed E-state index contributed by atoms with van der Waals surface area (Å²) in [6.45, 7) is 15.8. The lowest BCUT2D eigenvalue weighted by atomic mass is 10.1. The summed E-state index contributed by atoms with van der Waals surface area (Å²) >= 11 is 0. The predicted octanol–water partition coefficient (Wildman–Crippen LogP) is 3.06. The third-order valence-corrected chi connectivity index (χ3v) is 6.78. The predicted molar refractivity (Wildman–Crippen MR) is 150 cm³/mol. The lowest BCUT2D eigenvalue weighted by Crippen LogP contribution is -2.40. The van der Waals surface area contributed by atoms with E-state index in [1.165, 1.54) is 0 Å². The summed E-state index contributed by atoms with van der Waals surface area (Å²) in [5.74, 6) is 1.54. The first-order valence-corrected chi connectivity index (χ1v) is 13.8. The van der Waals surface area contributed by atoms with Crippen molar-refractivity contribution in [3.05, 3.63) is 65.7 Å². The average Bonchev–Trinajstić information content (AvgIpc) is 2.95. The molecule has 4 rings (SSSR count). The first-order chi connectivity index (χ1) is 18.8. The average molecular weight is 526 g/mol. The van der Waals surface area contributed by atoms with Crippen LogP contribution < -0.4 is 14.8 Å². The topological polar surface area (TPSA) is 64.7 Å². The lowest BCUT2D eigenvalue weighted by molar-refractivity contribution is 0.0299. The van der Waals surface area contributed by atoms with Crippen LogP contribution in [0.3, 0.4) is 0 Å². The molecule has 0 spiro atoms. The number of rotatable bonds is 5. The molecule has 2 aliphatic heterocycles. The van der Waals surface area contributed by atoms with Gasteiger partial charge in [-0.25, -0.2) is 0 Å². The molecule has 1 fully saturated rings. The minimum Gasteiger partial charge on any atom is -0.488 e. The smallest absolute Gasteiger partial charge is 0.161 e. The fraction of sp³-hybridized carbons (Fsp3) is 0.533. The highest BCUT2D eigenvalue weighted by atomic mass is 16.5. The van der Waals surface area contributed by atoms with Crippen LogP contribution >= 0.6 is 0 Å². The Labute approximate surface area is 227 Å². The molecule has 38 heavy (non-hydrogen) atoms. The van der Waals surface area contributed by atoms with E-state index in [0.717, 1.165) is 80.5 Å². The van der Waals surface area contributed by atoms with Crippen LogP contribution in [-0.2, 0) is 27.4 Å². The Kier molecular flexibility index (Phi) is 12.4. The van der Waals surface area contributed by atoms with E-state index in [2.05, 4.69) is 52.0 Å². The largest absolute Gasteiger partial charge is 0.488 e. The van der Waals surface area contributed by atoms with E-state index < -0.39 is 0 Å². The highest BCUT2D eigenvalue weighted by Crippen LogP contribution is 2.29. The quantitative estimate of drug-likeness (QED) is 0.598. The number of hydrogen-bond donors (Lipinski definition) is 1. The highest BCUT2D eigenvalue weighted by molar-refractivity contribution is 5.47. The van der Waals surface area contributed by atoms with Crippen molar-refractivity contribution in [2.24, 2.45) is 0 Å². The Morgan fingerprint density at radius 1 is 0.684 bits per heavy atom. The SMILES string of the molecule is C=Cc1ccc(COCc2ccc3c(c2)OCCN2CCNCCN(CCOCCOCC2)CCO3)cc1. The number of fused-ring (bicyclic) bond motifs is 7. The van der Waals surface area contributed by atoms with Crippen molar-refractivity contribution in [1.82, 2.24) is 15.1 Å². The summed E-state index contributed by atoms with van der Waals surface area (Å²) in [5, 5.41) is 3.58. The zero-order valence-electron chi connectivity index (χ0n) is 22.6. The molecule has 208 valence electrons. The summed E-state index contributed by atoms with van der Waals surface area (Å²) < 4.78 is 30.1. The fourth-order valence-corrected chi connectivity index (χ4v) is 4.46. The number of benzene rings is 2. The van der Waals surface area contributed by atoms with Crippen molar-refractivity contribution < 1.29 is 23.7 Å². The Hall–Kier alpha value is -2.46. The summed E-state index contributed by atoms with van der Waals surface area (Å²) in [6, 6.07) is 14.4. The second-order valence-electron chi connectivity index (χ2n) is 9.57. The van der Waals surface area contributed by atoms with Gasteiger partial charge in [0.2, 0.25) is 0 Å². The molecule has 2 unspecified atom stereocenters. The second kappa shape index (κ2) is 16.5. The van der Waals surface area contributed by atoms with Gasteiger partial charge in [-0.05, 0) is 28.8 Å². The van der Waals surface area contributed by atoms with E-state index in [4.69, 9.17) is 23.7 Å². The monoisotopic (exact) mass is 525 g/mol. The third-order valence-electron chi connectivity index (χ3n) is 6.78. The standard InChI is InChI=1S/C30H43N3O5/c1-2-26-3-5-27(6-4-26)24-36-25-28-7-8-29-30(23-28)38-20-16-33-12-10-31-9-11-32(15-19-37-29)13-17-34-21-22-35-18-14-33/h2-8,23,31H,1,9-22,24-25H2. The fourth-order valence-electron chi connectivity index (χ4n) is 4.46. The molecule has 0 radical (unpaired) electrons. The van der Waals surface area contributed by atoms with Gasteiger partial charge in [0.15, 0.2) is 11.5 Å². The van der Waals surface area contributed by atoms with E-state index in [1.807, 2.05) is 18.2 Å². The zero-order valence-corrected chi connectivity index (χ0v) is 22.6. The van der Waals surface area contributed by atoms with Crippen molar-refractivity contribution in [3.8, 4) is 11.5 Å². The molecule has 1 saturated heterocycles. The molecule has 0 aromatic heterocycles. The molecule has 2 aliphatic rings. The Morgan fingerprint density at radius 2 is 1.26 bits per heavy atom. The van der Waals surface area contributed by atoms with Gasteiger partial charge in [-0.15, -0.1) is 0 Å². The maximum atomic E-state index is 6.29. The van der Waals surface area contributed by atoms with Gasteiger partial charge >= 0.3 is 0 Å². The van der Waals surface area contributed by atoms with Gasteiger partial charge < -0.3 is 29.0 Å². The van der Waals surface area contributed by atoms with Crippen molar-refractivity contribution in [1.29, 1.82) is 0 Å². The molecule has 8 heteroatoms. The van der Waals surface area contributed by atoms with Crippen LogP contribution in [-0.4, -0.2) is 102 Å². The second-order valence-corrected chi connectivity index (χ2v) is 9.57. The van der Waals surface area contributed by atoms with Crippen LogP contribution in [0.25, 0.3) is 6.08 Å². The van der Waals surface area contributed by atoms with Crippen LogP contribution in [0.4, 0.5) is 0 Å². The summed E-state index contributed by atoms with van der Waals surface area (Å²) in [4.78, 5) is 4.77. The Bertz CT molecular complexity index is 955. The number of nitrogens with one attached hydrogen (secondary N) is 1. The minimum absolute atomic E-state index is 0.503. The molecular formula is C30H43N3O5. The number of nitrogens with zero attached hydrogens (tertiary/aromatic N) is 2.